The van der Waals surface area contributed by atoms with Crippen molar-refractivity contribution in [2.24, 2.45) is 0 Å². The van der Waals surface area contributed by atoms with Gasteiger partial charge in [-0.25, -0.2) is 4.98 Å². The quantitative estimate of drug-likeness (QED) is 0.621. The minimum Gasteiger partial charge on any atom is -0.393 e. The van der Waals surface area contributed by atoms with Crippen LogP contribution in [0.2, 0.25) is 0 Å². The third-order valence-electron chi connectivity index (χ3n) is 2.33. The first-order chi connectivity index (χ1) is 6.63. The van der Waals surface area contributed by atoms with Crippen molar-refractivity contribution in [2.75, 3.05) is 5.32 Å². The van der Waals surface area contributed by atoms with Crippen molar-refractivity contribution in [3.63, 3.8) is 0 Å². The van der Waals surface area contributed by atoms with Crippen LogP contribution in [0.15, 0.2) is 10.9 Å². The molecular weight excluding hydrogens is 182 g/mol. The summed E-state index contributed by atoms with van der Waals surface area (Å²) in [6.45, 7) is 1.74. The standard InChI is InChI=1S/C9H13N3O2/c1-5-10-8(4-9(14)11-5)12-6-2-7(13)3-6/h4,6-7,13H,2-3H2,1H3,(H2,10,11,12,14). The zero-order chi connectivity index (χ0) is 10.1. The number of aromatic amines is 1. The molecular formula is C9H13N3O2. The second kappa shape index (κ2) is 3.42. The van der Waals surface area contributed by atoms with E-state index in [1.165, 1.54) is 6.07 Å². The van der Waals surface area contributed by atoms with Crippen LogP contribution in [0.5, 0.6) is 0 Å². The van der Waals surface area contributed by atoms with E-state index in [0.29, 0.717) is 11.6 Å². The molecule has 2 rings (SSSR count). The fourth-order valence-corrected chi connectivity index (χ4v) is 1.57. The molecule has 0 aliphatic heterocycles. The van der Waals surface area contributed by atoms with Crippen LogP contribution in [0.25, 0.3) is 0 Å². The van der Waals surface area contributed by atoms with Gasteiger partial charge >= 0.3 is 0 Å². The summed E-state index contributed by atoms with van der Waals surface area (Å²) < 4.78 is 0. The van der Waals surface area contributed by atoms with Gasteiger partial charge in [0.05, 0.1) is 6.10 Å². The summed E-state index contributed by atoms with van der Waals surface area (Å²) >= 11 is 0. The van der Waals surface area contributed by atoms with Gasteiger partial charge < -0.3 is 15.4 Å². The maximum Gasteiger partial charge on any atom is 0.252 e. The summed E-state index contributed by atoms with van der Waals surface area (Å²) in [7, 11) is 0. The van der Waals surface area contributed by atoms with Crippen LogP contribution < -0.4 is 10.9 Å². The number of anilines is 1. The third kappa shape index (κ3) is 1.93. The number of aliphatic hydroxyl groups is 1. The molecule has 0 unspecified atom stereocenters. The predicted molar refractivity (Wildman–Crippen MR) is 52.2 cm³/mol. The summed E-state index contributed by atoms with van der Waals surface area (Å²) in [5.41, 5.74) is -0.153. The molecule has 1 aliphatic rings. The molecule has 0 bridgehead atoms. The number of nitrogens with zero attached hydrogens (tertiary/aromatic N) is 1. The van der Waals surface area contributed by atoms with Crippen molar-refractivity contribution >= 4 is 5.82 Å². The Labute approximate surface area is 81.2 Å². The number of aryl methyl sites for hydroxylation is 1. The molecule has 3 N–H and O–H groups in total. The molecule has 14 heavy (non-hydrogen) atoms. The van der Waals surface area contributed by atoms with Gasteiger partial charge in [-0.3, -0.25) is 4.79 Å². The highest BCUT2D eigenvalue weighted by atomic mass is 16.3. The number of aliphatic hydroxyl groups excluding tert-OH is 1. The average molecular weight is 195 g/mol. The Morgan fingerprint density at radius 2 is 2.36 bits per heavy atom. The molecule has 0 spiro atoms. The Morgan fingerprint density at radius 1 is 1.64 bits per heavy atom. The molecule has 1 aromatic rings. The lowest BCUT2D eigenvalue weighted by atomic mass is 9.89. The molecule has 1 aromatic heterocycles. The van der Waals surface area contributed by atoms with Gasteiger partial charge in [0.2, 0.25) is 0 Å². The van der Waals surface area contributed by atoms with E-state index in [1.807, 2.05) is 0 Å². The van der Waals surface area contributed by atoms with Crippen LogP contribution in [0.1, 0.15) is 18.7 Å². The van der Waals surface area contributed by atoms with E-state index in [9.17, 15) is 4.79 Å². The molecule has 1 saturated carbocycles. The van der Waals surface area contributed by atoms with Crippen LogP contribution in [-0.4, -0.2) is 27.2 Å². The second-order valence-electron chi connectivity index (χ2n) is 3.68. The lowest BCUT2D eigenvalue weighted by Gasteiger charge is -2.32. The molecule has 1 heterocycles. The van der Waals surface area contributed by atoms with E-state index >= 15 is 0 Å². The number of hydrogen-bond acceptors (Lipinski definition) is 4. The van der Waals surface area contributed by atoms with Crippen molar-refractivity contribution in [3.05, 3.63) is 22.2 Å². The van der Waals surface area contributed by atoms with Crippen molar-refractivity contribution in [2.45, 2.75) is 31.9 Å². The normalized spacial score (nSPS) is 25.6. The van der Waals surface area contributed by atoms with Crippen LogP contribution in [0.3, 0.4) is 0 Å². The maximum absolute atomic E-state index is 11.1. The first-order valence-electron chi connectivity index (χ1n) is 4.66. The van der Waals surface area contributed by atoms with Crippen molar-refractivity contribution in [3.8, 4) is 0 Å². The summed E-state index contributed by atoms with van der Waals surface area (Å²) in [6, 6.07) is 1.68. The minimum absolute atomic E-state index is 0.153. The Kier molecular flexibility index (Phi) is 2.25. The third-order valence-corrected chi connectivity index (χ3v) is 2.33. The predicted octanol–water partition coefficient (Wildman–Crippen LogP) is 0.0135. The summed E-state index contributed by atoms with van der Waals surface area (Å²) in [5.74, 6) is 1.18. The molecule has 0 amide bonds. The Morgan fingerprint density at radius 3 is 2.93 bits per heavy atom. The van der Waals surface area contributed by atoms with Crippen molar-refractivity contribution in [1.29, 1.82) is 0 Å². The topological polar surface area (TPSA) is 78.0 Å². The van der Waals surface area contributed by atoms with Gasteiger partial charge in [-0.1, -0.05) is 0 Å². The van der Waals surface area contributed by atoms with Crippen LogP contribution >= 0.6 is 0 Å². The van der Waals surface area contributed by atoms with E-state index in [2.05, 4.69) is 15.3 Å². The number of aromatic nitrogens is 2. The average Bonchev–Trinajstić information content (AvgIpc) is 1.99. The number of hydrogen-bond donors (Lipinski definition) is 3. The number of rotatable bonds is 2. The molecule has 5 nitrogen and oxygen atoms in total. The van der Waals surface area contributed by atoms with Crippen LogP contribution in [0.4, 0.5) is 5.82 Å². The summed E-state index contributed by atoms with van der Waals surface area (Å²) in [4.78, 5) is 17.8. The zero-order valence-electron chi connectivity index (χ0n) is 7.95. The van der Waals surface area contributed by atoms with E-state index in [-0.39, 0.29) is 17.7 Å². The van der Waals surface area contributed by atoms with E-state index in [4.69, 9.17) is 5.11 Å². The molecule has 0 aromatic carbocycles. The van der Waals surface area contributed by atoms with Gasteiger partial charge in [-0.15, -0.1) is 0 Å². The lowest BCUT2D eigenvalue weighted by Crippen LogP contribution is -2.39. The van der Waals surface area contributed by atoms with E-state index < -0.39 is 0 Å². The Hall–Kier alpha value is -1.36. The smallest absolute Gasteiger partial charge is 0.252 e. The second-order valence-corrected chi connectivity index (χ2v) is 3.68. The molecule has 0 saturated heterocycles. The Bertz CT molecular complexity index is 382. The molecule has 0 atom stereocenters. The highest BCUT2D eigenvalue weighted by molar-refractivity contribution is 5.35. The van der Waals surface area contributed by atoms with Gasteiger partial charge in [-0.2, -0.15) is 0 Å². The number of nitrogens with one attached hydrogen (secondary N) is 2. The maximum atomic E-state index is 11.1. The van der Waals surface area contributed by atoms with Crippen molar-refractivity contribution in [1.82, 2.24) is 9.97 Å². The molecule has 1 fully saturated rings. The van der Waals surface area contributed by atoms with Crippen molar-refractivity contribution < 1.29 is 5.11 Å². The molecule has 1 aliphatic carbocycles. The summed E-state index contributed by atoms with van der Waals surface area (Å²) in [6.07, 6.45) is 1.26. The largest absolute Gasteiger partial charge is 0.393 e. The highest BCUT2D eigenvalue weighted by Gasteiger charge is 2.27. The van der Waals surface area contributed by atoms with Crippen LogP contribution in [-0.2, 0) is 0 Å². The van der Waals surface area contributed by atoms with E-state index in [0.717, 1.165) is 12.8 Å². The minimum atomic E-state index is -0.199. The number of H-pyrrole nitrogens is 1. The van der Waals surface area contributed by atoms with Crippen LogP contribution in [0, 0.1) is 6.92 Å². The fraction of sp³-hybridized carbons (Fsp3) is 0.556. The SMILES string of the molecule is Cc1nc(NC2CC(O)C2)cc(=O)[nH]1. The van der Waals surface area contributed by atoms with E-state index in [1.54, 1.807) is 6.92 Å². The fourth-order valence-electron chi connectivity index (χ4n) is 1.57. The lowest BCUT2D eigenvalue weighted by molar-refractivity contribution is 0.0835. The van der Waals surface area contributed by atoms with Gasteiger partial charge in [0.25, 0.3) is 5.56 Å². The zero-order valence-corrected chi connectivity index (χ0v) is 7.95. The molecule has 76 valence electrons. The van der Waals surface area contributed by atoms with Gasteiger partial charge in [0.15, 0.2) is 0 Å². The van der Waals surface area contributed by atoms with Gasteiger partial charge in [-0.05, 0) is 19.8 Å². The first kappa shape index (κ1) is 9.21. The van der Waals surface area contributed by atoms with Gasteiger partial charge in [0.1, 0.15) is 11.6 Å². The van der Waals surface area contributed by atoms with Gasteiger partial charge in [0, 0.05) is 12.1 Å². The first-order valence-corrected chi connectivity index (χ1v) is 4.66. The Balaban J connectivity index is 2.06. The monoisotopic (exact) mass is 195 g/mol. The highest BCUT2D eigenvalue weighted by Crippen LogP contribution is 2.22. The summed E-state index contributed by atoms with van der Waals surface area (Å²) in [5, 5.41) is 12.2. The molecule has 0 radical (unpaired) electrons. The molecule has 5 heteroatoms.